The molecule has 0 amide bonds. The number of anilines is 1. The van der Waals surface area contributed by atoms with Crippen LogP contribution in [0.1, 0.15) is 0 Å². The summed E-state index contributed by atoms with van der Waals surface area (Å²) in [7, 11) is 0. The van der Waals surface area contributed by atoms with Gasteiger partial charge in [-0.1, -0.05) is 0 Å². The third-order valence-corrected chi connectivity index (χ3v) is 3.56. The lowest BCUT2D eigenvalue weighted by Crippen LogP contribution is -2.09. The van der Waals surface area contributed by atoms with Gasteiger partial charge in [0, 0.05) is 18.0 Å². The molecule has 0 aliphatic heterocycles. The van der Waals surface area contributed by atoms with Crippen molar-refractivity contribution in [2.75, 3.05) is 17.6 Å². The number of nitrogens with one attached hydrogen (secondary N) is 1. The highest BCUT2D eigenvalue weighted by Crippen LogP contribution is 2.29. The van der Waals surface area contributed by atoms with E-state index in [1.165, 1.54) is 11.3 Å². The lowest BCUT2D eigenvalue weighted by molar-refractivity contribution is -0.0327. The molecule has 1 aromatic carbocycles. The summed E-state index contributed by atoms with van der Waals surface area (Å²) >= 11 is 1.49. The maximum absolute atomic E-state index is 11.9. The first-order chi connectivity index (χ1) is 8.04. The summed E-state index contributed by atoms with van der Waals surface area (Å²) in [4.78, 5) is 4.13. The van der Waals surface area contributed by atoms with Gasteiger partial charge in [0.15, 0.2) is 0 Å². The molecule has 0 unspecified atom stereocenters. The van der Waals surface area contributed by atoms with E-state index < -0.39 is 5.51 Å². The largest absolute Gasteiger partial charge is 0.441 e. The number of rotatable bonds is 4. The van der Waals surface area contributed by atoms with Crippen molar-refractivity contribution in [1.82, 2.24) is 4.98 Å². The zero-order valence-electron chi connectivity index (χ0n) is 8.62. The number of hydrogen-bond donors (Lipinski definition) is 1. The zero-order valence-corrected chi connectivity index (χ0v) is 10.3. The fourth-order valence-corrected chi connectivity index (χ4v) is 2.48. The maximum Gasteiger partial charge on any atom is 0.441 e. The van der Waals surface area contributed by atoms with Crippen LogP contribution < -0.4 is 5.32 Å². The van der Waals surface area contributed by atoms with Crippen LogP contribution in [0.3, 0.4) is 0 Å². The molecule has 2 aromatic rings. The quantitative estimate of drug-likeness (QED) is 0.857. The summed E-state index contributed by atoms with van der Waals surface area (Å²) in [6.07, 6.45) is 0. The van der Waals surface area contributed by atoms with Crippen LogP contribution in [0.4, 0.5) is 18.9 Å². The zero-order chi connectivity index (χ0) is 12.3. The van der Waals surface area contributed by atoms with Crippen LogP contribution >= 0.6 is 23.1 Å². The lowest BCUT2D eigenvalue weighted by atomic mass is 10.3. The molecule has 1 aromatic heterocycles. The number of thioether (sulfide) groups is 1. The molecule has 1 heterocycles. The Balaban J connectivity index is 1.86. The Morgan fingerprint density at radius 2 is 2.18 bits per heavy atom. The van der Waals surface area contributed by atoms with E-state index in [0.29, 0.717) is 0 Å². The molecule has 0 radical (unpaired) electrons. The molecule has 0 fully saturated rings. The second-order valence-corrected chi connectivity index (χ2v) is 5.30. The number of benzene rings is 1. The predicted molar refractivity (Wildman–Crippen MR) is 66.6 cm³/mol. The maximum atomic E-state index is 11.9. The van der Waals surface area contributed by atoms with E-state index in [9.17, 15) is 13.2 Å². The highest BCUT2D eigenvalue weighted by Gasteiger charge is 2.27. The molecule has 92 valence electrons. The highest BCUT2D eigenvalue weighted by atomic mass is 32.2. The molecule has 0 aliphatic carbocycles. The van der Waals surface area contributed by atoms with Gasteiger partial charge in [-0.15, -0.1) is 11.3 Å². The monoisotopic (exact) mass is 278 g/mol. The molecule has 0 aliphatic rings. The Bertz CT molecular complexity index is 496. The van der Waals surface area contributed by atoms with E-state index in [1.54, 1.807) is 5.51 Å². The first-order valence-electron chi connectivity index (χ1n) is 4.82. The van der Waals surface area contributed by atoms with Gasteiger partial charge in [0.2, 0.25) is 0 Å². The number of thiazole rings is 1. The van der Waals surface area contributed by atoms with Crippen molar-refractivity contribution in [2.45, 2.75) is 5.51 Å². The van der Waals surface area contributed by atoms with Gasteiger partial charge in [-0.25, -0.2) is 4.98 Å². The number of fused-ring (bicyclic) bond motifs is 1. The van der Waals surface area contributed by atoms with Crippen molar-refractivity contribution < 1.29 is 13.2 Å². The molecule has 0 spiro atoms. The van der Waals surface area contributed by atoms with Gasteiger partial charge in [0.05, 0.1) is 15.7 Å². The van der Waals surface area contributed by atoms with Crippen molar-refractivity contribution in [2.24, 2.45) is 0 Å². The van der Waals surface area contributed by atoms with Gasteiger partial charge in [0.25, 0.3) is 0 Å². The van der Waals surface area contributed by atoms with E-state index in [-0.39, 0.29) is 24.1 Å². The van der Waals surface area contributed by atoms with Crippen LogP contribution in [0.15, 0.2) is 23.7 Å². The standard InChI is InChI=1S/C10H9F3N2S2/c11-10(12,13)17-4-3-14-7-1-2-8-9(5-7)16-6-15-8/h1-2,5-6,14H,3-4H2. The molecule has 2 rings (SSSR count). The Labute approximate surface area is 104 Å². The lowest BCUT2D eigenvalue weighted by Gasteiger charge is -2.07. The van der Waals surface area contributed by atoms with Crippen LogP contribution in [0.5, 0.6) is 0 Å². The van der Waals surface area contributed by atoms with Crippen molar-refractivity contribution >= 4 is 39.0 Å². The molecule has 7 heteroatoms. The number of aromatic nitrogens is 1. The van der Waals surface area contributed by atoms with Crippen LogP contribution in [-0.2, 0) is 0 Å². The number of hydrogen-bond acceptors (Lipinski definition) is 4. The van der Waals surface area contributed by atoms with Crippen molar-refractivity contribution in [1.29, 1.82) is 0 Å². The van der Waals surface area contributed by atoms with Gasteiger partial charge >= 0.3 is 5.51 Å². The number of alkyl halides is 3. The van der Waals surface area contributed by atoms with Crippen LogP contribution in [-0.4, -0.2) is 22.8 Å². The normalized spacial score (nSPS) is 11.9. The van der Waals surface area contributed by atoms with Crippen molar-refractivity contribution in [3.63, 3.8) is 0 Å². The summed E-state index contributed by atoms with van der Waals surface area (Å²) in [6.45, 7) is 0.286. The highest BCUT2D eigenvalue weighted by molar-refractivity contribution is 8.00. The number of halogens is 3. The molecular formula is C10H9F3N2S2. The first kappa shape index (κ1) is 12.5. The van der Waals surface area contributed by atoms with Gasteiger partial charge < -0.3 is 5.32 Å². The van der Waals surface area contributed by atoms with E-state index in [0.717, 1.165) is 15.9 Å². The minimum absolute atomic E-state index is 0.00419. The summed E-state index contributed by atoms with van der Waals surface area (Å²) in [5.74, 6) is 0.00419. The van der Waals surface area contributed by atoms with Gasteiger partial charge in [0.1, 0.15) is 0 Å². The second kappa shape index (κ2) is 5.14. The second-order valence-electron chi connectivity index (χ2n) is 3.26. The average molecular weight is 278 g/mol. The molecule has 17 heavy (non-hydrogen) atoms. The molecular weight excluding hydrogens is 269 g/mol. The topological polar surface area (TPSA) is 24.9 Å². The SMILES string of the molecule is FC(F)(F)SCCNc1ccc2ncsc2c1. The van der Waals surface area contributed by atoms with Gasteiger partial charge in [-0.05, 0) is 30.0 Å². The Kier molecular flexibility index (Phi) is 3.78. The molecule has 0 saturated heterocycles. The van der Waals surface area contributed by atoms with E-state index >= 15 is 0 Å². The summed E-state index contributed by atoms with van der Waals surface area (Å²) in [5.41, 5.74) is -0.674. The third-order valence-electron chi connectivity index (χ3n) is 2.03. The Hall–Kier alpha value is -0.950. The Morgan fingerprint density at radius 1 is 1.35 bits per heavy atom. The van der Waals surface area contributed by atoms with Crippen LogP contribution in [0.2, 0.25) is 0 Å². The third kappa shape index (κ3) is 3.78. The molecule has 1 N–H and O–H groups in total. The smallest absolute Gasteiger partial charge is 0.384 e. The number of nitrogens with zero attached hydrogens (tertiary/aromatic N) is 1. The molecule has 0 saturated carbocycles. The van der Waals surface area contributed by atoms with Gasteiger partial charge in [-0.3, -0.25) is 0 Å². The Morgan fingerprint density at radius 3 is 2.94 bits per heavy atom. The average Bonchev–Trinajstić information content (AvgIpc) is 2.70. The molecule has 0 bridgehead atoms. The molecule has 2 nitrogen and oxygen atoms in total. The van der Waals surface area contributed by atoms with E-state index in [2.05, 4.69) is 10.3 Å². The molecule has 0 atom stereocenters. The van der Waals surface area contributed by atoms with Crippen molar-refractivity contribution in [3.05, 3.63) is 23.7 Å². The summed E-state index contributed by atoms with van der Waals surface area (Å²) < 4.78 is 36.7. The first-order valence-corrected chi connectivity index (χ1v) is 6.69. The summed E-state index contributed by atoms with van der Waals surface area (Å²) in [5, 5.41) is 2.96. The predicted octanol–water partition coefficient (Wildman–Crippen LogP) is 3.96. The minimum Gasteiger partial charge on any atom is -0.384 e. The van der Waals surface area contributed by atoms with E-state index in [1.807, 2.05) is 18.2 Å². The van der Waals surface area contributed by atoms with Crippen molar-refractivity contribution in [3.8, 4) is 0 Å². The fourth-order valence-electron chi connectivity index (χ4n) is 1.33. The van der Waals surface area contributed by atoms with Crippen LogP contribution in [0.25, 0.3) is 10.2 Å². The fraction of sp³-hybridized carbons (Fsp3) is 0.300. The summed E-state index contributed by atoms with van der Waals surface area (Å²) in [6, 6.07) is 5.57. The van der Waals surface area contributed by atoms with E-state index in [4.69, 9.17) is 0 Å². The van der Waals surface area contributed by atoms with Crippen LogP contribution in [0, 0.1) is 0 Å². The minimum atomic E-state index is -4.15. The van der Waals surface area contributed by atoms with Gasteiger partial charge in [-0.2, -0.15) is 13.2 Å².